The van der Waals surface area contributed by atoms with Crippen molar-refractivity contribution in [2.75, 3.05) is 0 Å². The molecule has 2 atom stereocenters. The number of pyridine rings is 1. The number of aryl methyl sites for hydroxylation is 1. The van der Waals surface area contributed by atoms with Crippen LogP contribution in [0.3, 0.4) is 0 Å². The van der Waals surface area contributed by atoms with Gasteiger partial charge in [-0.05, 0) is 48.8 Å². The van der Waals surface area contributed by atoms with Crippen molar-refractivity contribution in [1.29, 1.82) is 0 Å². The molecule has 2 aromatic heterocycles. The molecule has 1 aliphatic carbocycles. The Morgan fingerprint density at radius 3 is 2.52 bits per heavy atom. The Balaban J connectivity index is 1.48. The number of nitrogens with one attached hydrogen (secondary N) is 1. The van der Waals surface area contributed by atoms with Gasteiger partial charge in [0, 0.05) is 11.9 Å². The lowest BCUT2D eigenvalue weighted by molar-refractivity contribution is 0.464. The van der Waals surface area contributed by atoms with E-state index in [4.69, 9.17) is 0 Å². The summed E-state index contributed by atoms with van der Waals surface area (Å²) in [5.74, 6) is 0.597. The predicted octanol–water partition coefficient (Wildman–Crippen LogP) is 6.70. The van der Waals surface area contributed by atoms with Crippen LogP contribution in [0.5, 0.6) is 0 Å². The van der Waals surface area contributed by atoms with Gasteiger partial charge in [-0.15, -0.1) is 0 Å². The molecule has 1 aromatic carbocycles. The maximum atomic E-state index is 14.2. The molecule has 5 heteroatoms. The van der Waals surface area contributed by atoms with E-state index in [1.54, 1.807) is 6.07 Å². The average molecular weight is 422 g/mol. The first-order valence-electron chi connectivity index (χ1n) is 12.0. The van der Waals surface area contributed by atoms with Crippen LogP contribution < -0.4 is 5.46 Å². The monoisotopic (exact) mass is 422 g/mol. The molecule has 0 radical (unpaired) electrons. The van der Waals surface area contributed by atoms with Crippen LogP contribution in [0.4, 0.5) is 8.78 Å². The van der Waals surface area contributed by atoms with E-state index in [1.165, 1.54) is 62.7 Å². The zero-order valence-electron chi connectivity index (χ0n) is 18.6. The van der Waals surface area contributed by atoms with E-state index in [0.717, 1.165) is 43.2 Å². The van der Waals surface area contributed by atoms with Crippen molar-refractivity contribution < 1.29 is 8.78 Å². The van der Waals surface area contributed by atoms with E-state index in [-0.39, 0.29) is 11.6 Å². The molecular weight excluding hydrogens is 389 g/mol. The highest BCUT2D eigenvalue weighted by atomic mass is 19.1. The highest BCUT2D eigenvalue weighted by molar-refractivity contribution is 6.59. The van der Waals surface area contributed by atoms with Gasteiger partial charge in [-0.1, -0.05) is 74.8 Å². The maximum absolute atomic E-state index is 14.2. The Labute approximate surface area is 185 Å². The van der Waals surface area contributed by atoms with Crippen molar-refractivity contribution in [3.63, 3.8) is 0 Å². The van der Waals surface area contributed by atoms with Gasteiger partial charge >= 0.3 is 0 Å². The lowest BCUT2D eigenvalue weighted by Gasteiger charge is -2.21. The van der Waals surface area contributed by atoms with Gasteiger partial charge in [-0.2, -0.15) is 0 Å². The lowest BCUT2D eigenvalue weighted by atomic mass is 9.55. The summed E-state index contributed by atoms with van der Waals surface area (Å²) < 4.78 is 28.0. The normalized spacial score (nSPS) is 21.4. The molecule has 4 rings (SSSR count). The Morgan fingerprint density at radius 2 is 1.68 bits per heavy atom. The molecule has 0 amide bonds. The van der Waals surface area contributed by atoms with Crippen LogP contribution in [0.25, 0.3) is 10.9 Å². The minimum absolute atomic E-state index is 0.169. The molecular formula is C26H33BF2N2. The zero-order valence-corrected chi connectivity index (χ0v) is 18.6. The fourth-order valence-corrected chi connectivity index (χ4v) is 5.40. The summed E-state index contributed by atoms with van der Waals surface area (Å²) >= 11 is 0. The van der Waals surface area contributed by atoms with Gasteiger partial charge in [-0.3, -0.25) is 4.98 Å². The van der Waals surface area contributed by atoms with E-state index >= 15 is 0 Å². The summed E-state index contributed by atoms with van der Waals surface area (Å²) in [5, 5.41) is 1.03. The molecule has 31 heavy (non-hydrogen) atoms. The summed E-state index contributed by atoms with van der Waals surface area (Å²) in [6.07, 6.45) is 15.2. The number of benzene rings is 1. The molecule has 2 heterocycles. The predicted molar refractivity (Wildman–Crippen MR) is 127 cm³/mol. The molecule has 1 saturated carbocycles. The fourth-order valence-electron chi connectivity index (χ4n) is 5.40. The molecule has 2 unspecified atom stereocenters. The average Bonchev–Trinajstić information content (AvgIpc) is 3.06. The minimum atomic E-state index is -0.233. The van der Waals surface area contributed by atoms with Crippen LogP contribution in [0, 0.1) is 18.6 Å². The van der Waals surface area contributed by atoms with E-state index in [9.17, 15) is 8.78 Å². The highest BCUT2D eigenvalue weighted by Gasteiger charge is 2.20. The first-order chi connectivity index (χ1) is 15.1. The first kappa shape index (κ1) is 22.0. The van der Waals surface area contributed by atoms with Gasteiger partial charge in [0.2, 0.25) is 0 Å². The first-order valence-corrected chi connectivity index (χ1v) is 12.0. The lowest BCUT2D eigenvalue weighted by Crippen LogP contribution is -2.22. The van der Waals surface area contributed by atoms with Crippen LogP contribution >= 0.6 is 0 Å². The number of para-hydroxylation sites is 1. The van der Waals surface area contributed by atoms with Crippen molar-refractivity contribution in [1.82, 2.24) is 9.97 Å². The molecule has 1 N–H and O–H groups in total. The minimum Gasteiger partial charge on any atom is -0.357 e. The second kappa shape index (κ2) is 10.4. The molecule has 2 nitrogen and oxygen atoms in total. The molecule has 0 bridgehead atoms. The van der Waals surface area contributed by atoms with E-state index in [2.05, 4.69) is 16.9 Å². The quantitative estimate of drug-likeness (QED) is 0.468. The van der Waals surface area contributed by atoms with Crippen molar-refractivity contribution in [3.05, 3.63) is 59.6 Å². The topological polar surface area (TPSA) is 28.7 Å². The Kier molecular flexibility index (Phi) is 7.42. The van der Waals surface area contributed by atoms with Gasteiger partial charge in [0.1, 0.15) is 11.6 Å². The largest absolute Gasteiger partial charge is 0.357 e. The number of halogens is 2. The van der Waals surface area contributed by atoms with Crippen LogP contribution in [0.2, 0.25) is 5.82 Å². The number of hydrogen-bond donors (Lipinski definition) is 1. The van der Waals surface area contributed by atoms with Crippen molar-refractivity contribution in [2.45, 2.75) is 82.9 Å². The molecule has 1 aliphatic rings. The third-order valence-corrected chi connectivity index (χ3v) is 7.12. The van der Waals surface area contributed by atoms with Crippen LogP contribution in [0.1, 0.15) is 81.4 Å². The molecule has 1 fully saturated rings. The molecule has 0 saturated heterocycles. The number of H-pyrrole nitrogens is 1. The van der Waals surface area contributed by atoms with Crippen LogP contribution in [-0.2, 0) is 0 Å². The number of aromatic amines is 1. The summed E-state index contributed by atoms with van der Waals surface area (Å²) in [5.41, 5.74) is 4.06. The number of rotatable bonds is 3. The number of fused-ring (bicyclic) bond motifs is 1. The molecule has 3 aromatic rings. The second-order valence-electron chi connectivity index (χ2n) is 9.37. The Morgan fingerprint density at radius 1 is 0.935 bits per heavy atom. The Hall–Kier alpha value is -2.17. The maximum Gasteiger partial charge on any atom is 0.164 e. The van der Waals surface area contributed by atoms with Crippen molar-refractivity contribution >= 4 is 23.6 Å². The van der Waals surface area contributed by atoms with E-state index < -0.39 is 0 Å². The smallest absolute Gasteiger partial charge is 0.164 e. The van der Waals surface area contributed by atoms with Gasteiger partial charge in [0.05, 0.1) is 11.7 Å². The number of aromatic nitrogens is 2. The van der Waals surface area contributed by atoms with Gasteiger partial charge in [0.25, 0.3) is 0 Å². The van der Waals surface area contributed by atoms with Gasteiger partial charge < -0.3 is 4.98 Å². The van der Waals surface area contributed by atoms with Gasteiger partial charge in [-0.25, -0.2) is 8.78 Å². The molecule has 0 aliphatic heterocycles. The summed E-state index contributed by atoms with van der Waals surface area (Å²) in [4.78, 5) is 7.36. The fraction of sp³-hybridized carbons (Fsp3) is 0.500. The van der Waals surface area contributed by atoms with E-state index in [0.29, 0.717) is 17.3 Å². The SMILES string of the molecule is Cc1[nH]c2c(F)cccc2c1BC1CCCCCCCC(c2cncc(F)c2)CCC1. The third kappa shape index (κ3) is 5.55. The highest BCUT2D eigenvalue weighted by Crippen LogP contribution is 2.32. The molecule has 0 spiro atoms. The summed E-state index contributed by atoms with van der Waals surface area (Å²) in [7, 11) is 1.00. The third-order valence-electron chi connectivity index (χ3n) is 7.12. The second-order valence-corrected chi connectivity index (χ2v) is 9.37. The number of hydrogen-bond acceptors (Lipinski definition) is 1. The van der Waals surface area contributed by atoms with Crippen LogP contribution in [0.15, 0.2) is 36.7 Å². The standard InChI is InChI=1S/C26H33BF2N2/c1-18-25(23-13-8-14-24(29)26(23)31-18)27-21-11-6-4-2-3-5-9-19(10-7-12-21)20-15-22(28)17-30-16-20/h8,13-17,19,21,27,31H,2-7,9-12H2,1H3. The van der Waals surface area contributed by atoms with Crippen molar-refractivity contribution in [2.24, 2.45) is 0 Å². The zero-order chi connectivity index (χ0) is 21.6. The Bertz CT molecular complexity index is 1000. The van der Waals surface area contributed by atoms with Gasteiger partial charge in [0.15, 0.2) is 7.28 Å². The van der Waals surface area contributed by atoms with Crippen LogP contribution in [-0.4, -0.2) is 17.2 Å². The van der Waals surface area contributed by atoms with E-state index in [1.807, 2.05) is 18.3 Å². The summed E-state index contributed by atoms with van der Waals surface area (Å²) in [6.45, 7) is 2.07. The number of nitrogens with zero attached hydrogens (tertiary/aromatic N) is 1. The van der Waals surface area contributed by atoms with Crippen molar-refractivity contribution in [3.8, 4) is 0 Å². The summed E-state index contributed by atoms with van der Waals surface area (Å²) in [6, 6.07) is 7.05. The molecule has 164 valence electrons.